The Morgan fingerprint density at radius 3 is 2.26 bits per heavy atom. The zero-order chi connectivity index (χ0) is 19.3. The van der Waals surface area contributed by atoms with Gasteiger partial charge < -0.3 is 4.74 Å². The highest BCUT2D eigenvalue weighted by molar-refractivity contribution is 7.89. The van der Waals surface area contributed by atoms with Crippen molar-refractivity contribution in [3.63, 3.8) is 0 Å². The fraction of sp³-hybridized carbons (Fsp3) is 0.381. The highest BCUT2D eigenvalue weighted by Gasteiger charge is 2.31. The lowest BCUT2D eigenvalue weighted by Gasteiger charge is -2.30. The van der Waals surface area contributed by atoms with Gasteiger partial charge in [-0.05, 0) is 49.1 Å². The fourth-order valence-electron chi connectivity index (χ4n) is 3.41. The number of ketones is 1. The molecule has 27 heavy (non-hydrogen) atoms. The van der Waals surface area contributed by atoms with Gasteiger partial charge >= 0.3 is 0 Å². The molecular weight excluding hydrogens is 362 g/mol. The number of benzene rings is 2. The summed E-state index contributed by atoms with van der Waals surface area (Å²) in [6.07, 6.45) is 1.64. The molecule has 1 heterocycles. The number of hydrogen-bond acceptors (Lipinski definition) is 4. The van der Waals surface area contributed by atoms with E-state index < -0.39 is 10.0 Å². The average Bonchev–Trinajstić information content (AvgIpc) is 2.73. The maximum Gasteiger partial charge on any atom is 0.214 e. The van der Waals surface area contributed by atoms with E-state index in [1.807, 2.05) is 30.3 Å². The molecule has 0 bridgehead atoms. The van der Waals surface area contributed by atoms with Crippen LogP contribution >= 0.6 is 0 Å². The van der Waals surface area contributed by atoms with Gasteiger partial charge in [0, 0.05) is 24.6 Å². The van der Waals surface area contributed by atoms with Gasteiger partial charge in [-0.25, -0.2) is 12.7 Å². The van der Waals surface area contributed by atoms with E-state index in [-0.39, 0.29) is 17.5 Å². The number of rotatable bonds is 7. The van der Waals surface area contributed by atoms with Crippen LogP contribution in [0.25, 0.3) is 0 Å². The maximum atomic E-state index is 12.7. The topological polar surface area (TPSA) is 63.7 Å². The van der Waals surface area contributed by atoms with E-state index in [1.165, 1.54) is 4.31 Å². The van der Waals surface area contributed by atoms with Crippen molar-refractivity contribution in [1.29, 1.82) is 0 Å². The number of piperidine rings is 1. The van der Waals surface area contributed by atoms with Crippen molar-refractivity contribution in [2.45, 2.75) is 19.3 Å². The Bertz CT molecular complexity index is 855. The fourth-order valence-corrected chi connectivity index (χ4v) is 4.93. The monoisotopic (exact) mass is 387 g/mol. The van der Waals surface area contributed by atoms with Gasteiger partial charge in [0.15, 0.2) is 5.78 Å². The van der Waals surface area contributed by atoms with Crippen LogP contribution < -0.4 is 4.74 Å². The molecule has 1 saturated heterocycles. The number of Topliss-reactive ketones (excluding diaryl/α,β-unsaturated/α-hetero) is 1. The molecule has 0 atom stereocenters. The van der Waals surface area contributed by atoms with Crippen LogP contribution in [0.2, 0.25) is 0 Å². The molecule has 5 nitrogen and oxygen atoms in total. The van der Waals surface area contributed by atoms with E-state index in [9.17, 15) is 13.2 Å². The van der Waals surface area contributed by atoms with Crippen LogP contribution in [-0.4, -0.2) is 44.5 Å². The predicted octanol–water partition coefficient (Wildman–Crippen LogP) is 3.16. The van der Waals surface area contributed by atoms with Gasteiger partial charge in [0.05, 0.1) is 12.9 Å². The Hall–Kier alpha value is -2.18. The third kappa shape index (κ3) is 4.96. The number of carbonyl (C=O) groups is 1. The summed E-state index contributed by atoms with van der Waals surface area (Å²) in [6.45, 7) is 0.813. The largest absolute Gasteiger partial charge is 0.497 e. The molecule has 1 aliphatic heterocycles. The number of carbonyl (C=O) groups excluding carboxylic acids is 1. The normalized spacial score (nSPS) is 16.2. The molecule has 0 spiro atoms. The van der Waals surface area contributed by atoms with Gasteiger partial charge in [-0.2, -0.15) is 0 Å². The van der Waals surface area contributed by atoms with E-state index in [0.717, 1.165) is 5.56 Å². The van der Waals surface area contributed by atoms with E-state index in [2.05, 4.69) is 0 Å². The maximum absolute atomic E-state index is 12.7. The summed E-state index contributed by atoms with van der Waals surface area (Å²) in [6, 6.07) is 16.7. The minimum Gasteiger partial charge on any atom is -0.497 e. The van der Waals surface area contributed by atoms with E-state index in [1.54, 1.807) is 31.4 Å². The van der Waals surface area contributed by atoms with Crippen LogP contribution in [-0.2, 0) is 16.4 Å². The lowest BCUT2D eigenvalue weighted by atomic mass is 9.89. The number of aryl methyl sites for hydroxylation is 1. The molecule has 2 aromatic rings. The Morgan fingerprint density at radius 2 is 1.67 bits per heavy atom. The number of nitrogens with zero attached hydrogens (tertiary/aromatic N) is 1. The summed E-state index contributed by atoms with van der Waals surface area (Å²) >= 11 is 0. The smallest absolute Gasteiger partial charge is 0.214 e. The molecule has 0 amide bonds. The van der Waals surface area contributed by atoms with Gasteiger partial charge in [-0.1, -0.05) is 30.3 Å². The second-order valence-electron chi connectivity index (χ2n) is 6.82. The summed E-state index contributed by atoms with van der Waals surface area (Å²) in [5.41, 5.74) is 1.67. The number of ether oxygens (including phenoxy) is 1. The number of hydrogen-bond donors (Lipinski definition) is 0. The minimum atomic E-state index is -3.30. The third-order valence-corrected chi connectivity index (χ3v) is 6.96. The number of sulfonamides is 1. The van der Waals surface area contributed by atoms with Crippen LogP contribution in [0.4, 0.5) is 0 Å². The predicted molar refractivity (Wildman–Crippen MR) is 106 cm³/mol. The minimum absolute atomic E-state index is 0.0824. The lowest BCUT2D eigenvalue weighted by molar-refractivity contribution is 0.0875. The highest BCUT2D eigenvalue weighted by Crippen LogP contribution is 2.25. The Kier molecular flexibility index (Phi) is 6.29. The second kappa shape index (κ2) is 8.67. The van der Waals surface area contributed by atoms with Crippen molar-refractivity contribution in [2.75, 3.05) is 26.0 Å². The molecule has 0 unspecified atom stereocenters. The summed E-state index contributed by atoms with van der Waals surface area (Å²) in [5, 5.41) is 0. The first kappa shape index (κ1) is 19.6. The highest BCUT2D eigenvalue weighted by atomic mass is 32.2. The van der Waals surface area contributed by atoms with Gasteiger partial charge in [-0.15, -0.1) is 0 Å². The van der Waals surface area contributed by atoms with Crippen LogP contribution in [0.1, 0.15) is 28.8 Å². The van der Waals surface area contributed by atoms with Crippen LogP contribution in [0, 0.1) is 5.92 Å². The summed E-state index contributed by atoms with van der Waals surface area (Å²) < 4.78 is 31.9. The summed E-state index contributed by atoms with van der Waals surface area (Å²) in [4.78, 5) is 12.7. The Labute approximate surface area is 161 Å². The van der Waals surface area contributed by atoms with Crippen molar-refractivity contribution in [1.82, 2.24) is 4.31 Å². The van der Waals surface area contributed by atoms with E-state index in [0.29, 0.717) is 43.7 Å². The summed E-state index contributed by atoms with van der Waals surface area (Å²) in [7, 11) is -1.71. The molecule has 0 radical (unpaired) electrons. The third-order valence-electron chi connectivity index (χ3n) is 5.08. The number of methoxy groups -OCH3 is 1. The van der Waals surface area contributed by atoms with Gasteiger partial charge in [-0.3, -0.25) is 4.79 Å². The van der Waals surface area contributed by atoms with Crippen LogP contribution in [0.3, 0.4) is 0 Å². The van der Waals surface area contributed by atoms with Gasteiger partial charge in [0.1, 0.15) is 5.75 Å². The molecule has 0 saturated carbocycles. The molecule has 0 aliphatic carbocycles. The SMILES string of the molecule is COc1ccc(C(=O)C2CCN(S(=O)(=O)CCc3ccccc3)CC2)cc1. The molecule has 2 aromatic carbocycles. The second-order valence-corrected chi connectivity index (χ2v) is 8.91. The van der Waals surface area contributed by atoms with Gasteiger partial charge in [0.2, 0.25) is 10.0 Å². The van der Waals surface area contributed by atoms with Crippen molar-refractivity contribution in [3.05, 3.63) is 65.7 Å². The van der Waals surface area contributed by atoms with E-state index >= 15 is 0 Å². The first-order valence-corrected chi connectivity index (χ1v) is 10.8. The van der Waals surface area contributed by atoms with E-state index in [4.69, 9.17) is 4.74 Å². The van der Waals surface area contributed by atoms with Crippen molar-refractivity contribution in [2.24, 2.45) is 5.92 Å². The Balaban J connectivity index is 1.54. The molecular formula is C21H25NO4S. The summed E-state index contributed by atoms with van der Waals surface area (Å²) in [5.74, 6) is 0.775. The molecule has 0 N–H and O–H groups in total. The molecule has 1 aliphatic rings. The van der Waals surface area contributed by atoms with Crippen molar-refractivity contribution < 1.29 is 17.9 Å². The Morgan fingerprint density at radius 1 is 1.04 bits per heavy atom. The first-order chi connectivity index (χ1) is 13.0. The molecule has 0 aromatic heterocycles. The van der Waals surface area contributed by atoms with Crippen LogP contribution in [0.15, 0.2) is 54.6 Å². The molecule has 1 fully saturated rings. The quantitative estimate of drug-likeness (QED) is 0.685. The molecule has 6 heteroatoms. The first-order valence-electron chi connectivity index (χ1n) is 9.19. The lowest BCUT2D eigenvalue weighted by Crippen LogP contribution is -2.41. The van der Waals surface area contributed by atoms with Crippen molar-refractivity contribution >= 4 is 15.8 Å². The zero-order valence-electron chi connectivity index (χ0n) is 15.5. The molecule has 144 valence electrons. The van der Waals surface area contributed by atoms with Crippen molar-refractivity contribution in [3.8, 4) is 5.75 Å². The average molecular weight is 388 g/mol. The molecule has 3 rings (SSSR count). The standard InChI is InChI=1S/C21H25NO4S/c1-26-20-9-7-18(8-10-20)21(23)19-11-14-22(15-12-19)27(24,25)16-13-17-5-3-2-4-6-17/h2-10,19H,11-16H2,1H3. The zero-order valence-corrected chi connectivity index (χ0v) is 16.3. The van der Waals surface area contributed by atoms with Crippen LogP contribution in [0.5, 0.6) is 5.75 Å². The van der Waals surface area contributed by atoms with Gasteiger partial charge in [0.25, 0.3) is 0 Å².